The number of esters is 1. The molecule has 1 aliphatic rings. The van der Waals surface area contributed by atoms with Crippen molar-refractivity contribution >= 4 is 34.4 Å². The molecule has 0 spiro atoms. The predicted molar refractivity (Wildman–Crippen MR) is 120 cm³/mol. The van der Waals surface area contributed by atoms with Crippen molar-refractivity contribution in [1.82, 2.24) is 4.98 Å². The number of pyridine rings is 1. The van der Waals surface area contributed by atoms with Gasteiger partial charge < -0.3 is 15.2 Å². The molecule has 0 saturated heterocycles. The number of carbonyl (C=O) groups excluding carboxylic acids is 2. The lowest BCUT2D eigenvalue weighted by atomic mass is 9.80. The summed E-state index contributed by atoms with van der Waals surface area (Å²) in [5, 5.41) is 0.716. The molecular formula is C25H24N2O4. The van der Waals surface area contributed by atoms with Gasteiger partial charge >= 0.3 is 5.97 Å². The molecule has 3 aromatic rings. The maximum absolute atomic E-state index is 13.0. The van der Waals surface area contributed by atoms with Crippen LogP contribution in [-0.2, 0) is 16.0 Å². The minimum absolute atomic E-state index is 0.322. The van der Waals surface area contributed by atoms with Crippen LogP contribution >= 0.6 is 0 Å². The standard InChI is InChI=1S/C25H24N2O4/c1-15-11-17(13-16-7-9-18(30-2)10-8-16)24-20(12-15)23(25(29)31-14-22(26)28)19-5-3-4-6-21(19)27-24/h3-10,13,15H,11-12,14H2,1-2H3,(H2,26,28). The Bertz CT molecular complexity index is 1180. The number of benzene rings is 2. The highest BCUT2D eigenvalue weighted by atomic mass is 16.5. The van der Waals surface area contributed by atoms with Crippen molar-refractivity contribution < 1.29 is 19.1 Å². The number of allylic oxidation sites excluding steroid dienone is 1. The molecule has 1 heterocycles. The van der Waals surface area contributed by atoms with Gasteiger partial charge in [0.1, 0.15) is 5.75 Å². The summed E-state index contributed by atoms with van der Waals surface area (Å²) in [4.78, 5) is 29.0. The van der Waals surface area contributed by atoms with Crippen LogP contribution in [0.2, 0.25) is 0 Å². The van der Waals surface area contributed by atoms with E-state index in [4.69, 9.17) is 20.2 Å². The molecule has 4 rings (SSSR count). The van der Waals surface area contributed by atoms with Gasteiger partial charge in [0.15, 0.2) is 6.61 Å². The lowest BCUT2D eigenvalue weighted by Crippen LogP contribution is -2.23. The third-order valence-corrected chi connectivity index (χ3v) is 5.42. The van der Waals surface area contributed by atoms with Gasteiger partial charge in [-0.05, 0) is 59.7 Å². The first kappa shape index (κ1) is 20.6. The number of fused-ring (bicyclic) bond motifs is 2. The molecular weight excluding hydrogens is 392 g/mol. The quantitative estimate of drug-likeness (QED) is 0.635. The molecule has 0 bridgehead atoms. The number of nitrogens with zero attached hydrogens (tertiary/aromatic N) is 1. The molecule has 1 unspecified atom stereocenters. The van der Waals surface area contributed by atoms with Crippen LogP contribution in [0.25, 0.3) is 22.6 Å². The van der Waals surface area contributed by atoms with Crippen LogP contribution in [-0.4, -0.2) is 30.6 Å². The van der Waals surface area contributed by atoms with Crippen LogP contribution in [0.1, 0.15) is 40.5 Å². The second-order valence-electron chi connectivity index (χ2n) is 7.83. The Morgan fingerprint density at radius 1 is 1.13 bits per heavy atom. The van der Waals surface area contributed by atoms with E-state index in [0.29, 0.717) is 28.8 Å². The van der Waals surface area contributed by atoms with E-state index in [1.807, 2.05) is 48.5 Å². The Morgan fingerprint density at radius 3 is 2.58 bits per heavy atom. The molecule has 0 aliphatic heterocycles. The van der Waals surface area contributed by atoms with E-state index in [-0.39, 0.29) is 0 Å². The van der Waals surface area contributed by atoms with Crippen LogP contribution in [0.5, 0.6) is 5.75 Å². The van der Waals surface area contributed by atoms with Gasteiger partial charge in [-0.15, -0.1) is 0 Å². The number of rotatable bonds is 5. The lowest BCUT2D eigenvalue weighted by Gasteiger charge is -2.26. The van der Waals surface area contributed by atoms with Gasteiger partial charge in [-0.1, -0.05) is 37.3 Å². The highest BCUT2D eigenvalue weighted by Crippen LogP contribution is 2.38. The zero-order valence-electron chi connectivity index (χ0n) is 17.6. The lowest BCUT2D eigenvalue weighted by molar-refractivity contribution is -0.121. The van der Waals surface area contributed by atoms with E-state index in [1.165, 1.54) is 0 Å². The number of ether oxygens (including phenoxy) is 2. The Balaban J connectivity index is 1.87. The zero-order chi connectivity index (χ0) is 22.0. The van der Waals surface area contributed by atoms with Gasteiger partial charge in [0.05, 0.1) is 23.9 Å². The fourth-order valence-electron chi connectivity index (χ4n) is 4.08. The summed E-state index contributed by atoms with van der Waals surface area (Å²) < 4.78 is 10.4. The predicted octanol–water partition coefficient (Wildman–Crippen LogP) is 4.01. The average molecular weight is 416 g/mol. The van der Waals surface area contributed by atoms with Crippen molar-refractivity contribution in [3.8, 4) is 5.75 Å². The van der Waals surface area contributed by atoms with Crippen LogP contribution in [0, 0.1) is 5.92 Å². The van der Waals surface area contributed by atoms with Crippen molar-refractivity contribution in [2.24, 2.45) is 11.7 Å². The van der Waals surface area contributed by atoms with Gasteiger partial charge in [0.2, 0.25) is 0 Å². The number of aromatic nitrogens is 1. The van der Waals surface area contributed by atoms with Crippen molar-refractivity contribution in [2.45, 2.75) is 19.8 Å². The van der Waals surface area contributed by atoms with Crippen molar-refractivity contribution in [1.29, 1.82) is 0 Å². The number of carbonyl (C=O) groups is 2. The molecule has 0 fully saturated rings. The SMILES string of the molecule is COc1ccc(C=C2CC(C)Cc3c2nc2ccccc2c3C(=O)OCC(N)=O)cc1. The van der Waals surface area contributed by atoms with Crippen LogP contribution in [0.3, 0.4) is 0 Å². The summed E-state index contributed by atoms with van der Waals surface area (Å²) in [6.07, 6.45) is 3.66. The molecule has 2 aromatic carbocycles. The van der Waals surface area contributed by atoms with E-state index in [1.54, 1.807) is 7.11 Å². The number of hydrogen-bond acceptors (Lipinski definition) is 5. The Hall–Kier alpha value is -3.67. The molecule has 31 heavy (non-hydrogen) atoms. The molecule has 1 atom stereocenters. The van der Waals surface area contributed by atoms with E-state index in [2.05, 4.69) is 13.0 Å². The minimum Gasteiger partial charge on any atom is -0.497 e. The summed E-state index contributed by atoms with van der Waals surface area (Å²) in [6, 6.07) is 15.3. The second kappa shape index (κ2) is 8.60. The number of hydrogen-bond donors (Lipinski definition) is 1. The monoisotopic (exact) mass is 416 g/mol. The Kier molecular flexibility index (Phi) is 5.71. The topological polar surface area (TPSA) is 91.5 Å². The maximum atomic E-state index is 13.0. The largest absolute Gasteiger partial charge is 0.497 e. The zero-order valence-corrected chi connectivity index (χ0v) is 17.6. The van der Waals surface area contributed by atoms with E-state index in [0.717, 1.165) is 34.6 Å². The molecule has 0 radical (unpaired) electrons. The summed E-state index contributed by atoms with van der Waals surface area (Å²) in [7, 11) is 1.64. The summed E-state index contributed by atoms with van der Waals surface area (Å²) in [5.41, 5.74) is 10.1. The van der Waals surface area contributed by atoms with Gasteiger partial charge in [0, 0.05) is 5.39 Å². The molecule has 6 nitrogen and oxygen atoms in total. The van der Waals surface area contributed by atoms with Crippen LogP contribution in [0.4, 0.5) is 0 Å². The molecule has 6 heteroatoms. The molecule has 1 aromatic heterocycles. The number of primary amides is 1. The smallest absolute Gasteiger partial charge is 0.339 e. The number of para-hydroxylation sites is 1. The van der Waals surface area contributed by atoms with Crippen molar-refractivity contribution in [2.75, 3.05) is 13.7 Å². The van der Waals surface area contributed by atoms with Crippen molar-refractivity contribution in [3.63, 3.8) is 0 Å². The minimum atomic E-state index is -0.686. The van der Waals surface area contributed by atoms with Gasteiger partial charge in [0.25, 0.3) is 5.91 Å². The summed E-state index contributed by atoms with van der Waals surface area (Å²) in [5.74, 6) is -0.119. The van der Waals surface area contributed by atoms with Gasteiger partial charge in [-0.2, -0.15) is 0 Å². The normalized spacial score (nSPS) is 16.7. The first-order valence-corrected chi connectivity index (χ1v) is 10.2. The average Bonchev–Trinajstić information content (AvgIpc) is 2.76. The van der Waals surface area contributed by atoms with Gasteiger partial charge in [-0.25, -0.2) is 9.78 Å². The molecule has 1 aliphatic carbocycles. The van der Waals surface area contributed by atoms with Crippen molar-refractivity contribution in [3.05, 3.63) is 70.9 Å². The highest BCUT2D eigenvalue weighted by Gasteiger charge is 2.29. The first-order valence-electron chi connectivity index (χ1n) is 10.2. The van der Waals surface area contributed by atoms with E-state index >= 15 is 0 Å². The van der Waals surface area contributed by atoms with Crippen LogP contribution in [0.15, 0.2) is 48.5 Å². The third kappa shape index (κ3) is 4.28. The fourth-order valence-corrected chi connectivity index (χ4v) is 4.08. The third-order valence-electron chi connectivity index (χ3n) is 5.42. The number of amides is 1. The number of methoxy groups -OCH3 is 1. The molecule has 0 saturated carbocycles. The Labute approximate surface area is 180 Å². The second-order valence-corrected chi connectivity index (χ2v) is 7.83. The summed E-state index contributed by atoms with van der Waals surface area (Å²) >= 11 is 0. The fraction of sp³-hybridized carbons (Fsp3) is 0.240. The summed E-state index contributed by atoms with van der Waals surface area (Å²) in [6.45, 7) is 1.70. The highest BCUT2D eigenvalue weighted by molar-refractivity contribution is 6.07. The molecule has 1 amide bonds. The van der Waals surface area contributed by atoms with E-state index in [9.17, 15) is 9.59 Å². The molecule has 2 N–H and O–H groups in total. The number of nitrogens with two attached hydrogens (primary N) is 1. The first-order chi connectivity index (χ1) is 15.0. The van der Waals surface area contributed by atoms with Gasteiger partial charge in [-0.3, -0.25) is 4.79 Å². The maximum Gasteiger partial charge on any atom is 0.339 e. The molecule has 158 valence electrons. The Morgan fingerprint density at radius 2 is 1.87 bits per heavy atom. The van der Waals surface area contributed by atoms with Crippen LogP contribution < -0.4 is 10.5 Å². The van der Waals surface area contributed by atoms with E-state index < -0.39 is 18.5 Å².